The maximum Gasteiger partial charge on any atom is 0.265 e. The molecule has 0 spiro atoms. The average Bonchev–Trinajstić information content (AvgIpc) is 2.69. The molecule has 0 bridgehead atoms. The van der Waals surface area contributed by atoms with Crippen molar-refractivity contribution in [2.75, 3.05) is 32.0 Å². The van der Waals surface area contributed by atoms with Crippen LogP contribution in [0.5, 0.6) is 11.5 Å². The number of methoxy groups -OCH3 is 2. The summed E-state index contributed by atoms with van der Waals surface area (Å²) in [6, 6.07) is 12.2. The molecule has 3 rings (SSSR count). The van der Waals surface area contributed by atoms with Gasteiger partial charge in [0.2, 0.25) is 0 Å². The van der Waals surface area contributed by atoms with E-state index < -0.39 is 10.0 Å². The predicted octanol–water partition coefficient (Wildman–Crippen LogP) is 3.49. The molecule has 0 aliphatic carbocycles. The molecule has 1 fully saturated rings. The standard InChI is InChI=1S/C20H26N2O4S/c1-25-18-10-11-19(26-2)20(14-18)27(23,24)21-17-8-6-16(7-9-17)15-22-12-4-3-5-13-22/h6-11,14,21H,3-5,12-13,15H2,1-2H3. The summed E-state index contributed by atoms with van der Waals surface area (Å²) in [5, 5.41) is 0. The number of sulfonamides is 1. The second-order valence-corrected chi connectivity index (χ2v) is 8.31. The third kappa shape index (κ3) is 4.93. The number of nitrogens with one attached hydrogen (secondary N) is 1. The fourth-order valence-electron chi connectivity index (χ4n) is 3.26. The van der Waals surface area contributed by atoms with Crippen LogP contribution in [-0.2, 0) is 16.6 Å². The van der Waals surface area contributed by atoms with Gasteiger partial charge < -0.3 is 9.47 Å². The molecule has 27 heavy (non-hydrogen) atoms. The highest BCUT2D eigenvalue weighted by molar-refractivity contribution is 7.92. The van der Waals surface area contributed by atoms with Crippen LogP contribution >= 0.6 is 0 Å². The van der Waals surface area contributed by atoms with Crippen molar-refractivity contribution in [3.05, 3.63) is 48.0 Å². The highest BCUT2D eigenvalue weighted by Gasteiger charge is 2.21. The monoisotopic (exact) mass is 390 g/mol. The normalized spacial score (nSPS) is 15.3. The van der Waals surface area contributed by atoms with E-state index in [-0.39, 0.29) is 10.6 Å². The first-order valence-electron chi connectivity index (χ1n) is 9.08. The van der Waals surface area contributed by atoms with E-state index in [0.29, 0.717) is 11.4 Å². The first kappa shape index (κ1) is 19.5. The van der Waals surface area contributed by atoms with Crippen molar-refractivity contribution in [1.82, 2.24) is 4.90 Å². The minimum Gasteiger partial charge on any atom is -0.497 e. The lowest BCUT2D eigenvalue weighted by Gasteiger charge is -2.26. The Labute approximate surface area is 161 Å². The Hall–Kier alpha value is -2.25. The number of hydrogen-bond acceptors (Lipinski definition) is 5. The molecular formula is C20H26N2O4S. The van der Waals surface area contributed by atoms with Crippen molar-refractivity contribution in [3.63, 3.8) is 0 Å². The average molecular weight is 391 g/mol. The van der Waals surface area contributed by atoms with Gasteiger partial charge in [-0.25, -0.2) is 8.42 Å². The zero-order valence-electron chi connectivity index (χ0n) is 15.8. The van der Waals surface area contributed by atoms with Gasteiger partial charge in [0.1, 0.15) is 16.4 Å². The van der Waals surface area contributed by atoms with Crippen LogP contribution in [-0.4, -0.2) is 40.6 Å². The number of ether oxygens (including phenoxy) is 2. The van der Waals surface area contributed by atoms with E-state index in [9.17, 15) is 8.42 Å². The Morgan fingerprint density at radius 2 is 1.67 bits per heavy atom. The molecule has 0 aromatic heterocycles. The fraction of sp³-hybridized carbons (Fsp3) is 0.400. The lowest BCUT2D eigenvalue weighted by atomic mass is 10.1. The van der Waals surface area contributed by atoms with Gasteiger partial charge in [-0.2, -0.15) is 0 Å². The Morgan fingerprint density at radius 3 is 2.30 bits per heavy atom. The van der Waals surface area contributed by atoms with Gasteiger partial charge in [-0.05, 0) is 55.8 Å². The summed E-state index contributed by atoms with van der Waals surface area (Å²) in [5.74, 6) is 0.720. The molecule has 6 nitrogen and oxygen atoms in total. The maximum absolute atomic E-state index is 12.8. The molecule has 2 aromatic carbocycles. The Kier molecular flexibility index (Phi) is 6.23. The molecule has 7 heteroatoms. The number of piperidine rings is 1. The second-order valence-electron chi connectivity index (χ2n) is 6.66. The zero-order chi connectivity index (χ0) is 19.3. The van der Waals surface area contributed by atoms with E-state index in [1.165, 1.54) is 45.1 Å². The number of hydrogen-bond donors (Lipinski definition) is 1. The van der Waals surface area contributed by atoms with Crippen LogP contribution in [0.25, 0.3) is 0 Å². The first-order valence-corrected chi connectivity index (χ1v) is 10.6. The number of benzene rings is 2. The van der Waals surface area contributed by atoms with Crippen LogP contribution in [0.3, 0.4) is 0 Å². The molecule has 1 aliphatic heterocycles. The maximum atomic E-state index is 12.8. The van der Waals surface area contributed by atoms with Gasteiger partial charge in [0.05, 0.1) is 14.2 Å². The molecular weight excluding hydrogens is 364 g/mol. The summed E-state index contributed by atoms with van der Waals surface area (Å²) >= 11 is 0. The van der Waals surface area contributed by atoms with E-state index in [0.717, 1.165) is 19.6 Å². The van der Waals surface area contributed by atoms with Gasteiger partial charge in [-0.3, -0.25) is 9.62 Å². The molecule has 1 aliphatic rings. The van der Waals surface area contributed by atoms with Crippen LogP contribution in [0.1, 0.15) is 24.8 Å². The molecule has 1 N–H and O–H groups in total. The van der Waals surface area contributed by atoms with E-state index in [4.69, 9.17) is 9.47 Å². The van der Waals surface area contributed by atoms with Crippen molar-refractivity contribution in [2.24, 2.45) is 0 Å². The summed E-state index contributed by atoms with van der Waals surface area (Å²) in [7, 11) is -0.861. The van der Waals surface area contributed by atoms with Gasteiger partial charge in [-0.15, -0.1) is 0 Å². The second kappa shape index (κ2) is 8.63. The number of anilines is 1. The van der Waals surface area contributed by atoms with Gasteiger partial charge >= 0.3 is 0 Å². The van der Waals surface area contributed by atoms with E-state index in [1.54, 1.807) is 24.3 Å². The van der Waals surface area contributed by atoms with Crippen molar-refractivity contribution < 1.29 is 17.9 Å². The molecule has 2 aromatic rings. The first-order chi connectivity index (χ1) is 13.0. The number of nitrogens with zero attached hydrogens (tertiary/aromatic N) is 1. The number of likely N-dealkylation sites (tertiary alicyclic amines) is 1. The van der Waals surface area contributed by atoms with Gasteiger partial charge in [0, 0.05) is 18.3 Å². The quantitative estimate of drug-likeness (QED) is 0.784. The third-order valence-electron chi connectivity index (χ3n) is 4.72. The van der Waals surface area contributed by atoms with Gasteiger partial charge in [0.25, 0.3) is 10.0 Å². The van der Waals surface area contributed by atoms with E-state index >= 15 is 0 Å². The summed E-state index contributed by atoms with van der Waals surface area (Å²) in [6.45, 7) is 3.16. The summed E-state index contributed by atoms with van der Waals surface area (Å²) in [5.41, 5.74) is 1.70. The third-order valence-corrected chi connectivity index (χ3v) is 6.12. The van der Waals surface area contributed by atoms with Crippen molar-refractivity contribution in [3.8, 4) is 11.5 Å². The highest BCUT2D eigenvalue weighted by atomic mass is 32.2. The highest BCUT2D eigenvalue weighted by Crippen LogP contribution is 2.29. The summed E-state index contributed by atoms with van der Waals surface area (Å²) in [6.07, 6.45) is 3.81. The lowest BCUT2D eigenvalue weighted by Crippen LogP contribution is -2.29. The van der Waals surface area contributed by atoms with Gasteiger partial charge in [0.15, 0.2) is 0 Å². The van der Waals surface area contributed by atoms with E-state index in [2.05, 4.69) is 9.62 Å². The SMILES string of the molecule is COc1ccc(OC)c(S(=O)(=O)Nc2ccc(CN3CCCCC3)cc2)c1. The summed E-state index contributed by atoms with van der Waals surface area (Å²) < 4.78 is 38.5. The Balaban J connectivity index is 1.74. The topological polar surface area (TPSA) is 67.9 Å². The smallest absolute Gasteiger partial charge is 0.265 e. The summed E-state index contributed by atoms with van der Waals surface area (Å²) in [4.78, 5) is 2.48. The Bertz CT molecular complexity index is 860. The minimum absolute atomic E-state index is 0.0433. The predicted molar refractivity (Wildman–Crippen MR) is 106 cm³/mol. The molecule has 0 radical (unpaired) electrons. The molecule has 146 valence electrons. The van der Waals surface area contributed by atoms with Crippen molar-refractivity contribution in [1.29, 1.82) is 0 Å². The number of rotatable bonds is 7. The van der Waals surface area contributed by atoms with Gasteiger partial charge in [-0.1, -0.05) is 18.6 Å². The molecule has 1 heterocycles. The van der Waals surface area contributed by atoms with Crippen molar-refractivity contribution in [2.45, 2.75) is 30.7 Å². The van der Waals surface area contributed by atoms with Crippen molar-refractivity contribution >= 4 is 15.7 Å². The fourth-order valence-corrected chi connectivity index (χ4v) is 4.50. The van der Waals surface area contributed by atoms with Crippen LogP contribution in [0.4, 0.5) is 5.69 Å². The molecule has 1 saturated heterocycles. The molecule has 0 amide bonds. The molecule has 0 unspecified atom stereocenters. The van der Waals surface area contributed by atoms with Crippen LogP contribution in [0, 0.1) is 0 Å². The zero-order valence-corrected chi connectivity index (χ0v) is 16.6. The van der Waals surface area contributed by atoms with Crippen LogP contribution < -0.4 is 14.2 Å². The Morgan fingerprint density at radius 1 is 0.963 bits per heavy atom. The van der Waals surface area contributed by atoms with E-state index in [1.807, 2.05) is 12.1 Å². The minimum atomic E-state index is -3.79. The van der Waals surface area contributed by atoms with Crippen LogP contribution in [0.2, 0.25) is 0 Å². The molecule has 0 atom stereocenters. The largest absolute Gasteiger partial charge is 0.497 e. The lowest BCUT2D eigenvalue weighted by molar-refractivity contribution is 0.221. The molecule has 0 saturated carbocycles. The van der Waals surface area contributed by atoms with Crippen LogP contribution in [0.15, 0.2) is 47.4 Å².